The Morgan fingerprint density at radius 2 is 1.81 bits per heavy atom. The minimum atomic E-state index is -0.0773. The Balaban J connectivity index is 1.78. The molecule has 2 amide bonds. The van der Waals surface area contributed by atoms with Crippen LogP contribution in [0.15, 0.2) is 24.3 Å². The molecule has 116 valence electrons. The van der Waals surface area contributed by atoms with Crippen LogP contribution in [-0.4, -0.2) is 19.2 Å². The fourth-order valence-electron chi connectivity index (χ4n) is 2.86. The minimum Gasteiger partial charge on any atom is -0.496 e. The lowest BCUT2D eigenvalue weighted by molar-refractivity contribution is 0.233. The molecule has 0 atom stereocenters. The second-order valence-electron chi connectivity index (χ2n) is 5.68. The van der Waals surface area contributed by atoms with E-state index >= 15 is 0 Å². The molecular formula is C17H26N2O2. The zero-order valence-electron chi connectivity index (χ0n) is 12.9. The molecule has 0 radical (unpaired) electrons. The third-order valence-electron chi connectivity index (χ3n) is 4.07. The van der Waals surface area contributed by atoms with Gasteiger partial charge in [-0.15, -0.1) is 0 Å². The van der Waals surface area contributed by atoms with Crippen LogP contribution in [0.1, 0.15) is 50.5 Å². The van der Waals surface area contributed by atoms with Crippen LogP contribution in [0.2, 0.25) is 0 Å². The molecule has 2 N–H and O–H groups in total. The number of amides is 2. The van der Waals surface area contributed by atoms with Crippen LogP contribution in [0.25, 0.3) is 0 Å². The Kier molecular flexibility index (Phi) is 6.38. The van der Waals surface area contributed by atoms with E-state index in [0.29, 0.717) is 12.6 Å². The number of benzene rings is 1. The molecule has 1 aromatic rings. The summed E-state index contributed by atoms with van der Waals surface area (Å²) in [6.07, 6.45) is 8.56. The van der Waals surface area contributed by atoms with E-state index in [0.717, 1.165) is 24.2 Å². The van der Waals surface area contributed by atoms with Crippen LogP contribution >= 0.6 is 0 Å². The van der Waals surface area contributed by atoms with Crippen molar-refractivity contribution < 1.29 is 9.53 Å². The van der Waals surface area contributed by atoms with Crippen LogP contribution in [0.4, 0.5) is 4.79 Å². The summed E-state index contributed by atoms with van der Waals surface area (Å²) in [6, 6.07) is 8.00. The summed E-state index contributed by atoms with van der Waals surface area (Å²) in [4.78, 5) is 12.0. The van der Waals surface area contributed by atoms with Gasteiger partial charge in [0.2, 0.25) is 0 Å². The van der Waals surface area contributed by atoms with Crippen molar-refractivity contribution >= 4 is 6.03 Å². The number of urea groups is 1. The number of methoxy groups -OCH3 is 1. The largest absolute Gasteiger partial charge is 0.496 e. The third-order valence-corrected chi connectivity index (χ3v) is 4.07. The summed E-state index contributed by atoms with van der Waals surface area (Å²) in [7, 11) is 1.65. The van der Waals surface area contributed by atoms with E-state index in [1.165, 1.54) is 32.1 Å². The highest BCUT2D eigenvalue weighted by atomic mass is 16.5. The van der Waals surface area contributed by atoms with E-state index in [4.69, 9.17) is 4.74 Å². The van der Waals surface area contributed by atoms with Crippen LogP contribution in [0.5, 0.6) is 5.75 Å². The molecule has 1 aromatic carbocycles. The standard InChI is InChI=1S/C17H26N2O2/c1-21-16-12-8-7-9-14(16)13-18-17(20)19-15-10-5-3-2-4-6-11-15/h7-9,12,15H,2-6,10-11,13H2,1H3,(H2,18,19,20). The molecular weight excluding hydrogens is 264 g/mol. The summed E-state index contributed by atoms with van der Waals surface area (Å²) in [5, 5.41) is 6.03. The highest BCUT2D eigenvalue weighted by Crippen LogP contribution is 2.18. The van der Waals surface area contributed by atoms with Crippen LogP contribution in [0.3, 0.4) is 0 Å². The van der Waals surface area contributed by atoms with Crippen molar-refractivity contribution in [1.29, 1.82) is 0 Å². The van der Waals surface area contributed by atoms with E-state index in [2.05, 4.69) is 10.6 Å². The second kappa shape index (κ2) is 8.55. The topological polar surface area (TPSA) is 50.4 Å². The highest BCUT2D eigenvalue weighted by molar-refractivity contribution is 5.74. The fourth-order valence-corrected chi connectivity index (χ4v) is 2.86. The highest BCUT2D eigenvalue weighted by Gasteiger charge is 2.14. The number of carbonyl (C=O) groups is 1. The molecule has 1 aliphatic carbocycles. The van der Waals surface area contributed by atoms with Gasteiger partial charge < -0.3 is 15.4 Å². The van der Waals surface area contributed by atoms with Gasteiger partial charge in [0, 0.05) is 18.2 Å². The number of rotatable bonds is 4. The predicted molar refractivity (Wildman–Crippen MR) is 84.5 cm³/mol. The first kappa shape index (κ1) is 15.7. The number of nitrogens with one attached hydrogen (secondary N) is 2. The first-order valence-corrected chi connectivity index (χ1v) is 7.96. The van der Waals surface area contributed by atoms with Gasteiger partial charge >= 0.3 is 6.03 Å². The van der Waals surface area contributed by atoms with Gasteiger partial charge in [-0.2, -0.15) is 0 Å². The molecule has 21 heavy (non-hydrogen) atoms. The Morgan fingerprint density at radius 1 is 1.14 bits per heavy atom. The van der Waals surface area contributed by atoms with Crippen molar-refractivity contribution in [3.8, 4) is 5.75 Å². The summed E-state index contributed by atoms with van der Waals surface area (Å²) in [5.74, 6) is 0.809. The Morgan fingerprint density at radius 3 is 2.52 bits per heavy atom. The fraction of sp³-hybridized carbons (Fsp3) is 0.588. The summed E-state index contributed by atoms with van der Waals surface area (Å²) >= 11 is 0. The first-order chi connectivity index (χ1) is 10.3. The lowest BCUT2D eigenvalue weighted by atomic mass is 9.97. The predicted octanol–water partition coefficient (Wildman–Crippen LogP) is 3.61. The van der Waals surface area contributed by atoms with Crippen molar-refractivity contribution in [2.24, 2.45) is 0 Å². The molecule has 0 aliphatic heterocycles. The van der Waals surface area contributed by atoms with Crippen LogP contribution in [-0.2, 0) is 6.54 Å². The van der Waals surface area contributed by atoms with Gasteiger partial charge in [-0.25, -0.2) is 4.79 Å². The lowest BCUT2D eigenvalue weighted by Crippen LogP contribution is -2.42. The molecule has 0 unspecified atom stereocenters. The molecule has 0 bridgehead atoms. The normalized spacial score (nSPS) is 16.6. The lowest BCUT2D eigenvalue weighted by Gasteiger charge is -2.21. The second-order valence-corrected chi connectivity index (χ2v) is 5.68. The number of hydrogen-bond acceptors (Lipinski definition) is 2. The van der Waals surface area contributed by atoms with Crippen LogP contribution < -0.4 is 15.4 Å². The number of carbonyl (C=O) groups excluding carboxylic acids is 1. The molecule has 1 fully saturated rings. The number of hydrogen-bond donors (Lipinski definition) is 2. The van der Waals surface area contributed by atoms with Gasteiger partial charge in [0.15, 0.2) is 0 Å². The van der Waals surface area contributed by atoms with Gasteiger partial charge in [-0.3, -0.25) is 0 Å². The van der Waals surface area contributed by atoms with Gasteiger partial charge in [0.1, 0.15) is 5.75 Å². The van der Waals surface area contributed by atoms with Gasteiger partial charge in [-0.05, 0) is 18.9 Å². The van der Waals surface area contributed by atoms with Gasteiger partial charge in [-0.1, -0.05) is 50.3 Å². The average molecular weight is 290 g/mol. The molecule has 1 aliphatic rings. The van der Waals surface area contributed by atoms with Crippen molar-refractivity contribution in [3.63, 3.8) is 0 Å². The molecule has 0 spiro atoms. The third kappa shape index (κ3) is 5.29. The Labute approximate surface area is 127 Å². The average Bonchev–Trinajstić information content (AvgIpc) is 2.48. The zero-order chi connectivity index (χ0) is 14.9. The smallest absolute Gasteiger partial charge is 0.315 e. The number of para-hydroxylation sites is 1. The molecule has 2 rings (SSSR count). The summed E-state index contributed by atoms with van der Waals surface area (Å²) in [6.45, 7) is 0.489. The van der Waals surface area contributed by atoms with E-state index in [1.807, 2.05) is 24.3 Å². The van der Waals surface area contributed by atoms with Crippen molar-refractivity contribution in [2.75, 3.05) is 7.11 Å². The van der Waals surface area contributed by atoms with Gasteiger partial charge in [0.25, 0.3) is 0 Å². The summed E-state index contributed by atoms with van der Waals surface area (Å²) < 4.78 is 5.29. The maximum Gasteiger partial charge on any atom is 0.315 e. The van der Waals surface area contributed by atoms with Crippen molar-refractivity contribution in [1.82, 2.24) is 10.6 Å². The molecule has 4 heteroatoms. The van der Waals surface area contributed by atoms with Crippen molar-refractivity contribution in [2.45, 2.75) is 57.5 Å². The van der Waals surface area contributed by atoms with Gasteiger partial charge in [0.05, 0.1) is 7.11 Å². The van der Waals surface area contributed by atoms with Crippen molar-refractivity contribution in [3.05, 3.63) is 29.8 Å². The zero-order valence-corrected chi connectivity index (χ0v) is 12.9. The molecule has 0 heterocycles. The van der Waals surface area contributed by atoms with E-state index in [-0.39, 0.29) is 6.03 Å². The quantitative estimate of drug-likeness (QED) is 0.890. The Hall–Kier alpha value is -1.71. The maximum atomic E-state index is 12.0. The minimum absolute atomic E-state index is 0.0773. The molecule has 1 saturated carbocycles. The molecule has 0 saturated heterocycles. The van der Waals surface area contributed by atoms with E-state index in [1.54, 1.807) is 7.11 Å². The summed E-state index contributed by atoms with van der Waals surface area (Å²) in [5.41, 5.74) is 0.993. The van der Waals surface area contributed by atoms with Crippen LogP contribution in [0, 0.1) is 0 Å². The first-order valence-electron chi connectivity index (χ1n) is 7.96. The molecule has 4 nitrogen and oxygen atoms in total. The van der Waals surface area contributed by atoms with E-state index < -0.39 is 0 Å². The maximum absolute atomic E-state index is 12.0. The number of ether oxygens (including phenoxy) is 1. The molecule has 0 aromatic heterocycles. The monoisotopic (exact) mass is 290 g/mol. The van der Waals surface area contributed by atoms with E-state index in [9.17, 15) is 4.79 Å². The Bertz CT molecular complexity index is 440. The SMILES string of the molecule is COc1ccccc1CNC(=O)NC1CCCCCCC1.